The molecular formula is C20H20N2O2. The molecule has 2 aromatic carbocycles. The molecule has 0 bridgehead atoms. The van der Waals surface area contributed by atoms with Crippen molar-refractivity contribution in [1.29, 1.82) is 0 Å². The predicted molar refractivity (Wildman–Crippen MR) is 94.1 cm³/mol. The molecule has 0 aliphatic carbocycles. The molecule has 4 nitrogen and oxygen atoms in total. The Labute approximate surface area is 141 Å². The number of benzene rings is 2. The molecule has 0 fully saturated rings. The second kappa shape index (κ2) is 7.62. The maximum atomic E-state index is 5.79. The summed E-state index contributed by atoms with van der Waals surface area (Å²) in [7, 11) is 0. The van der Waals surface area contributed by atoms with Crippen LogP contribution in [0.2, 0.25) is 0 Å². The summed E-state index contributed by atoms with van der Waals surface area (Å²) in [6.45, 7) is 2.45. The zero-order valence-corrected chi connectivity index (χ0v) is 13.6. The number of hydrogen-bond acceptors (Lipinski definition) is 4. The molecule has 122 valence electrons. The standard InChI is InChI=1S/C20H20N2O2/c1-15(21)20-12-11-19(13-22-20)24-18-9-7-17(8-10-18)23-14-16-5-3-2-4-6-16/h2-13,15H,14,21H2,1H3. The van der Waals surface area contributed by atoms with Gasteiger partial charge in [0.25, 0.3) is 0 Å². The second-order valence-electron chi connectivity index (χ2n) is 5.56. The molecular weight excluding hydrogens is 300 g/mol. The summed E-state index contributed by atoms with van der Waals surface area (Å²) in [5, 5.41) is 0. The van der Waals surface area contributed by atoms with Crippen molar-refractivity contribution in [3.05, 3.63) is 84.2 Å². The Bertz CT molecular complexity index is 754. The molecule has 0 aliphatic heterocycles. The van der Waals surface area contributed by atoms with E-state index in [0.29, 0.717) is 12.4 Å². The van der Waals surface area contributed by atoms with Gasteiger partial charge < -0.3 is 15.2 Å². The summed E-state index contributed by atoms with van der Waals surface area (Å²) in [6, 6.07) is 21.3. The molecule has 0 saturated heterocycles. The summed E-state index contributed by atoms with van der Waals surface area (Å²) >= 11 is 0. The highest BCUT2D eigenvalue weighted by Crippen LogP contribution is 2.24. The monoisotopic (exact) mass is 320 g/mol. The Morgan fingerprint density at radius 2 is 1.54 bits per heavy atom. The first-order valence-electron chi connectivity index (χ1n) is 7.87. The van der Waals surface area contributed by atoms with Gasteiger partial charge in [-0.2, -0.15) is 0 Å². The fourth-order valence-corrected chi connectivity index (χ4v) is 2.20. The van der Waals surface area contributed by atoms with Crippen LogP contribution in [0.15, 0.2) is 72.9 Å². The van der Waals surface area contributed by atoms with Gasteiger partial charge in [0.05, 0.1) is 11.9 Å². The molecule has 0 amide bonds. The number of pyridine rings is 1. The van der Waals surface area contributed by atoms with Crippen LogP contribution >= 0.6 is 0 Å². The van der Waals surface area contributed by atoms with E-state index in [-0.39, 0.29) is 6.04 Å². The summed E-state index contributed by atoms with van der Waals surface area (Å²) < 4.78 is 11.5. The van der Waals surface area contributed by atoms with Crippen molar-refractivity contribution in [3.63, 3.8) is 0 Å². The van der Waals surface area contributed by atoms with Crippen molar-refractivity contribution in [2.45, 2.75) is 19.6 Å². The topological polar surface area (TPSA) is 57.4 Å². The largest absolute Gasteiger partial charge is 0.489 e. The van der Waals surface area contributed by atoms with Gasteiger partial charge in [-0.15, -0.1) is 0 Å². The molecule has 3 aromatic rings. The fraction of sp³-hybridized carbons (Fsp3) is 0.150. The molecule has 24 heavy (non-hydrogen) atoms. The van der Waals surface area contributed by atoms with E-state index in [0.717, 1.165) is 22.8 Å². The van der Waals surface area contributed by atoms with Gasteiger partial charge in [0, 0.05) is 6.04 Å². The number of hydrogen-bond donors (Lipinski definition) is 1. The molecule has 1 atom stereocenters. The summed E-state index contributed by atoms with van der Waals surface area (Å²) in [5.41, 5.74) is 7.76. The third kappa shape index (κ3) is 4.33. The Kier molecular flexibility index (Phi) is 5.08. The van der Waals surface area contributed by atoms with Crippen molar-refractivity contribution >= 4 is 0 Å². The molecule has 1 heterocycles. The number of aromatic nitrogens is 1. The van der Waals surface area contributed by atoms with Gasteiger partial charge in [-0.3, -0.25) is 4.98 Å². The first kappa shape index (κ1) is 16.0. The van der Waals surface area contributed by atoms with Crippen LogP contribution in [0.4, 0.5) is 0 Å². The van der Waals surface area contributed by atoms with Crippen LogP contribution in [0.25, 0.3) is 0 Å². The quantitative estimate of drug-likeness (QED) is 0.728. The maximum absolute atomic E-state index is 5.79. The fourth-order valence-electron chi connectivity index (χ4n) is 2.20. The smallest absolute Gasteiger partial charge is 0.145 e. The second-order valence-corrected chi connectivity index (χ2v) is 5.56. The molecule has 0 aliphatic rings. The van der Waals surface area contributed by atoms with Crippen LogP contribution < -0.4 is 15.2 Å². The van der Waals surface area contributed by atoms with Gasteiger partial charge in [0.15, 0.2) is 0 Å². The first-order valence-corrected chi connectivity index (χ1v) is 7.87. The average molecular weight is 320 g/mol. The molecule has 1 unspecified atom stereocenters. The van der Waals surface area contributed by atoms with Crippen LogP contribution in [0.1, 0.15) is 24.2 Å². The molecule has 2 N–H and O–H groups in total. The molecule has 4 heteroatoms. The highest BCUT2D eigenvalue weighted by molar-refractivity contribution is 5.35. The van der Waals surface area contributed by atoms with Crippen molar-refractivity contribution in [3.8, 4) is 17.2 Å². The van der Waals surface area contributed by atoms with Crippen molar-refractivity contribution in [1.82, 2.24) is 4.98 Å². The number of rotatable bonds is 6. The molecule has 0 radical (unpaired) electrons. The number of nitrogens with two attached hydrogens (primary N) is 1. The minimum atomic E-state index is -0.0832. The van der Waals surface area contributed by atoms with E-state index in [1.165, 1.54) is 0 Å². The van der Waals surface area contributed by atoms with Crippen LogP contribution in [0.3, 0.4) is 0 Å². The van der Waals surface area contributed by atoms with E-state index in [9.17, 15) is 0 Å². The Balaban J connectivity index is 1.58. The lowest BCUT2D eigenvalue weighted by molar-refractivity contribution is 0.306. The Morgan fingerprint density at radius 3 is 2.17 bits per heavy atom. The predicted octanol–water partition coefficient (Wildman–Crippen LogP) is 4.47. The summed E-state index contributed by atoms with van der Waals surface area (Å²) in [5.74, 6) is 2.21. The van der Waals surface area contributed by atoms with Crippen molar-refractivity contribution in [2.24, 2.45) is 5.73 Å². The molecule has 0 saturated carbocycles. The van der Waals surface area contributed by atoms with Crippen LogP contribution in [0, 0.1) is 0 Å². The van der Waals surface area contributed by atoms with Gasteiger partial charge in [-0.05, 0) is 48.9 Å². The third-order valence-corrected chi connectivity index (χ3v) is 3.53. The SMILES string of the molecule is CC(N)c1ccc(Oc2ccc(OCc3ccccc3)cc2)cn1. The Morgan fingerprint density at radius 1 is 0.875 bits per heavy atom. The van der Waals surface area contributed by atoms with E-state index in [1.54, 1.807) is 6.20 Å². The zero-order chi connectivity index (χ0) is 16.8. The van der Waals surface area contributed by atoms with Gasteiger partial charge in [0.2, 0.25) is 0 Å². The van der Waals surface area contributed by atoms with Crippen LogP contribution in [-0.2, 0) is 6.61 Å². The molecule has 3 rings (SSSR count). The molecule has 1 aromatic heterocycles. The van der Waals surface area contributed by atoms with Gasteiger partial charge >= 0.3 is 0 Å². The minimum Gasteiger partial charge on any atom is -0.489 e. The third-order valence-electron chi connectivity index (χ3n) is 3.53. The van der Waals surface area contributed by atoms with Gasteiger partial charge in [0.1, 0.15) is 23.9 Å². The summed E-state index contributed by atoms with van der Waals surface area (Å²) in [4.78, 5) is 4.28. The van der Waals surface area contributed by atoms with Crippen molar-refractivity contribution < 1.29 is 9.47 Å². The minimum absolute atomic E-state index is 0.0832. The zero-order valence-electron chi connectivity index (χ0n) is 13.6. The normalized spacial score (nSPS) is 11.8. The van der Waals surface area contributed by atoms with E-state index in [2.05, 4.69) is 4.98 Å². The van der Waals surface area contributed by atoms with E-state index < -0.39 is 0 Å². The van der Waals surface area contributed by atoms with Crippen LogP contribution in [0.5, 0.6) is 17.2 Å². The maximum Gasteiger partial charge on any atom is 0.145 e. The van der Waals surface area contributed by atoms with Gasteiger partial charge in [-0.25, -0.2) is 0 Å². The van der Waals surface area contributed by atoms with E-state index >= 15 is 0 Å². The van der Waals surface area contributed by atoms with E-state index in [1.807, 2.05) is 73.7 Å². The first-order chi connectivity index (χ1) is 11.7. The summed E-state index contributed by atoms with van der Waals surface area (Å²) in [6.07, 6.45) is 1.68. The number of nitrogens with zero attached hydrogens (tertiary/aromatic N) is 1. The van der Waals surface area contributed by atoms with Crippen LogP contribution in [-0.4, -0.2) is 4.98 Å². The highest BCUT2D eigenvalue weighted by atomic mass is 16.5. The molecule has 0 spiro atoms. The van der Waals surface area contributed by atoms with Gasteiger partial charge in [-0.1, -0.05) is 30.3 Å². The van der Waals surface area contributed by atoms with Crippen molar-refractivity contribution in [2.75, 3.05) is 0 Å². The highest BCUT2D eigenvalue weighted by Gasteiger charge is 2.03. The lowest BCUT2D eigenvalue weighted by Gasteiger charge is -2.09. The lowest BCUT2D eigenvalue weighted by Crippen LogP contribution is -2.06. The average Bonchev–Trinajstić information content (AvgIpc) is 2.62. The number of ether oxygens (including phenoxy) is 2. The van der Waals surface area contributed by atoms with E-state index in [4.69, 9.17) is 15.2 Å². The lowest BCUT2D eigenvalue weighted by atomic mass is 10.2. The Hall–Kier alpha value is -2.85.